The van der Waals surface area contributed by atoms with Crippen molar-refractivity contribution < 1.29 is 13.9 Å². The zero-order valence-electron chi connectivity index (χ0n) is 12.6. The molecule has 0 fully saturated rings. The Balaban J connectivity index is 1.78. The van der Waals surface area contributed by atoms with E-state index in [1.165, 1.54) is 12.5 Å². The van der Waals surface area contributed by atoms with E-state index in [4.69, 9.17) is 9.15 Å². The number of methoxy groups -OCH3 is 1. The van der Waals surface area contributed by atoms with Crippen LogP contribution >= 0.6 is 0 Å². The predicted octanol–water partition coefficient (Wildman–Crippen LogP) is 4.28. The van der Waals surface area contributed by atoms with Gasteiger partial charge in [0.2, 0.25) is 0 Å². The number of benzene rings is 2. The number of amides is 1. The van der Waals surface area contributed by atoms with Crippen molar-refractivity contribution in [1.82, 2.24) is 0 Å². The number of ether oxygens (including phenoxy) is 1. The largest absolute Gasteiger partial charge is 0.497 e. The highest BCUT2D eigenvalue weighted by molar-refractivity contribution is 6.05. The number of nitrogens with one attached hydrogen (secondary N) is 2. The summed E-state index contributed by atoms with van der Waals surface area (Å²) in [5.74, 6) is 0.569. The maximum atomic E-state index is 12.1. The van der Waals surface area contributed by atoms with Gasteiger partial charge in [0.25, 0.3) is 5.91 Å². The molecule has 0 aliphatic rings. The Bertz CT molecular complexity index is 780. The molecular weight excluding hydrogens is 292 g/mol. The van der Waals surface area contributed by atoms with Gasteiger partial charge in [0, 0.05) is 5.69 Å². The lowest BCUT2D eigenvalue weighted by molar-refractivity contribution is 0.102. The van der Waals surface area contributed by atoms with Crippen molar-refractivity contribution in [1.29, 1.82) is 0 Å². The number of rotatable bonds is 5. The number of furan rings is 1. The number of carbonyl (C=O) groups is 1. The summed E-state index contributed by atoms with van der Waals surface area (Å²) in [4.78, 5) is 12.1. The fourth-order valence-corrected chi connectivity index (χ4v) is 2.12. The molecule has 0 saturated carbocycles. The summed E-state index contributed by atoms with van der Waals surface area (Å²) in [5, 5.41) is 6.15. The van der Waals surface area contributed by atoms with Gasteiger partial charge in [-0.15, -0.1) is 0 Å². The normalized spacial score (nSPS) is 10.1. The van der Waals surface area contributed by atoms with Gasteiger partial charge in [0.15, 0.2) is 0 Å². The van der Waals surface area contributed by atoms with E-state index in [9.17, 15) is 4.79 Å². The van der Waals surface area contributed by atoms with Crippen LogP contribution in [0.5, 0.6) is 5.75 Å². The number of carbonyl (C=O) groups excluding carboxylic acids is 1. The third-order valence-corrected chi connectivity index (χ3v) is 3.33. The van der Waals surface area contributed by atoms with Crippen molar-refractivity contribution in [3.8, 4) is 5.75 Å². The van der Waals surface area contributed by atoms with E-state index in [0.29, 0.717) is 11.3 Å². The third-order valence-electron chi connectivity index (χ3n) is 3.33. The number of anilines is 3. The molecule has 0 atom stereocenters. The molecule has 0 bridgehead atoms. The van der Waals surface area contributed by atoms with Gasteiger partial charge in [0.05, 0.1) is 30.3 Å². The van der Waals surface area contributed by atoms with Crippen LogP contribution < -0.4 is 15.4 Å². The second kappa shape index (κ2) is 6.70. The number of hydrogen-bond donors (Lipinski definition) is 2. The zero-order chi connectivity index (χ0) is 16.1. The van der Waals surface area contributed by atoms with Gasteiger partial charge in [-0.05, 0) is 42.5 Å². The molecule has 1 amide bonds. The summed E-state index contributed by atoms with van der Waals surface area (Å²) in [6, 6.07) is 16.7. The Morgan fingerprint density at radius 2 is 1.74 bits per heavy atom. The molecule has 3 rings (SSSR count). The minimum atomic E-state index is -0.220. The molecule has 2 N–H and O–H groups in total. The van der Waals surface area contributed by atoms with Crippen molar-refractivity contribution in [2.75, 3.05) is 17.7 Å². The third kappa shape index (κ3) is 3.52. The lowest BCUT2D eigenvalue weighted by atomic mass is 10.2. The molecule has 5 nitrogen and oxygen atoms in total. The van der Waals surface area contributed by atoms with Crippen LogP contribution in [0.15, 0.2) is 71.5 Å². The molecule has 1 heterocycles. The van der Waals surface area contributed by atoms with E-state index in [2.05, 4.69) is 10.6 Å². The first-order valence-electron chi connectivity index (χ1n) is 7.10. The predicted molar refractivity (Wildman–Crippen MR) is 89.4 cm³/mol. The van der Waals surface area contributed by atoms with Crippen LogP contribution in [0.25, 0.3) is 0 Å². The quantitative estimate of drug-likeness (QED) is 0.738. The van der Waals surface area contributed by atoms with E-state index >= 15 is 0 Å². The molecule has 0 saturated heterocycles. The maximum absolute atomic E-state index is 12.1. The molecule has 0 unspecified atom stereocenters. The van der Waals surface area contributed by atoms with Gasteiger partial charge in [-0.1, -0.05) is 12.1 Å². The smallest absolute Gasteiger partial charge is 0.258 e. The minimum Gasteiger partial charge on any atom is -0.497 e. The number of hydrogen-bond acceptors (Lipinski definition) is 4. The van der Waals surface area contributed by atoms with Gasteiger partial charge in [-0.25, -0.2) is 0 Å². The maximum Gasteiger partial charge on any atom is 0.258 e. The number of para-hydroxylation sites is 2. The van der Waals surface area contributed by atoms with Crippen molar-refractivity contribution in [2.24, 2.45) is 0 Å². The van der Waals surface area contributed by atoms with Gasteiger partial charge in [0.1, 0.15) is 12.0 Å². The molecule has 0 aliphatic carbocycles. The van der Waals surface area contributed by atoms with Crippen LogP contribution in [-0.4, -0.2) is 13.0 Å². The highest BCUT2D eigenvalue weighted by Crippen LogP contribution is 2.26. The summed E-state index contributed by atoms with van der Waals surface area (Å²) < 4.78 is 10.1. The molecule has 0 aliphatic heterocycles. The Kier molecular flexibility index (Phi) is 4.29. The fraction of sp³-hybridized carbons (Fsp3) is 0.0556. The van der Waals surface area contributed by atoms with Crippen molar-refractivity contribution in [3.63, 3.8) is 0 Å². The minimum absolute atomic E-state index is 0.220. The second-order valence-corrected chi connectivity index (χ2v) is 4.87. The standard InChI is InChI=1S/C18H16N2O3/c1-22-15-8-6-14(7-9-15)19-16-4-2-3-5-17(16)20-18(21)13-10-11-23-12-13/h2-12,19H,1H3,(H,20,21). The average Bonchev–Trinajstić information content (AvgIpc) is 3.12. The van der Waals surface area contributed by atoms with Crippen LogP contribution in [-0.2, 0) is 0 Å². The summed E-state index contributed by atoms with van der Waals surface area (Å²) >= 11 is 0. The molecule has 2 aromatic carbocycles. The molecule has 0 radical (unpaired) electrons. The van der Waals surface area contributed by atoms with Crippen molar-refractivity contribution >= 4 is 23.0 Å². The lowest BCUT2D eigenvalue weighted by Crippen LogP contribution is -2.12. The summed E-state index contributed by atoms with van der Waals surface area (Å²) in [5.41, 5.74) is 2.86. The highest BCUT2D eigenvalue weighted by atomic mass is 16.5. The van der Waals surface area contributed by atoms with Crippen molar-refractivity contribution in [3.05, 3.63) is 72.7 Å². The average molecular weight is 308 g/mol. The van der Waals surface area contributed by atoms with Gasteiger partial charge in [-0.2, -0.15) is 0 Å². The first kappa shape index (κ1) is 14.7. The van der Waals surface area contributed by atoms with E-state index in [-0.39, 0.29) is 5.91 Å². The first-order valence-corrected chi connectivity index (χ1v) is 7.10. The molecule has 3 aromatic rings. The Morgan fingerprint density at radius 1 is 1.00 bits per heavy atom. The summed E-state index contributed by atoms with van der Waals surface area (Å²) in [6.07, 6.45) is 2.88. The van der Waals surface area contributed by atoms with Crippen molar-refractivity contribution in [2.45, 2.75) is 0 Å². The van der Waals surface area contributed by atoms with Crippen LogP contribution in [0.1, 0.15) is 10.4 Å². The zero-order valence-corrected chi connectivity index (χ0v) is 12.6. The lowest BCUT2D eigenvalue weighted by Gasteiger charge is -2.13. The summed E-state index contributed by atoms with van der Waals surface area (Å²) in [6.45, 7) is 0. The van der Waals surface area contributed by atoms with Crippen LogP contribution in [0.3, 0.4) is 0 Å². The Morgan fingerprint density at radius 3 is 2.39 bits per heavy atom. The second-order valence-electron chi connectivity index (χ2n) is 4.87. The Labute approximate surface area is 133 Å². The molecule has 5 heteroatoms. The monoisotopic (exact) mass is 308 g/mol. The van der Waals surface area contributed by atoms with E-state index in [0.717, 1.165) is 17.1 Å². The summed E-state index contributed by atoms with van der Waals surface area (Å²) in [7, 11) is 1.63. The first-order chi connectivity index (χ1) is 11.3. The van der Waals surface area contributed by atoms with Gasteiger partial charge < -0.3 is 19.8 Å². The highest BCUT2D eigenvalue weighted by Gasteiger charge is 2.10. The fourth-order valence-electron chi connectivity index (χ4n) is 2.12. The SMILES string of the molecule is COc1ccc(Nc2ccccc2NC(=O)c2ccoc2)cc1. The molecule has 0 spiro atoms. The van der Waals surface area contributed by atoms with E-state index in [1.54, 1.807) is 13.2 Å². The molecular formula is C18H16N2O3. The molecule has 116 valence electrons. The molecule has 1 aromatic heterocycles. The van der Waals surface area contributed by atoms with Crippen LogP contribution in [0.4, 0.5) is 17.1 Å². The van der Waals surface area contributed by atoms with E-state index in [1.807, 2.05) is 48.5 Å². The molecule has 23 heavy (non-hydrogen) atoms. The van der Waals surface area contributed by atoms with Gasteiger partial charge >= 0.3 is 0 Å². The van der Waals surface area contributed by atoms with Crippen LogP contribution in [0, 0.1) is 0 Å². The topological polar surface area (TPSA) is 63.5 Å². The van der Waals surface area contributed by atoms with E-state index < -0.39 is 0 Å². The van der Waals surface area contributed by atoms with Gasteiger partial charge in [-0.3, -0.25) is 4.79 Å². The van der Waals surface area contributed by atoms with Crippen LogP contribution in [0.2, 0.25) is 0 Å². The Hall–Kier alpha value is -3.21.